The Morgan fingerprint density at radius 3 is 2.67 bits per heavy atom. The smallest absolute Gasteiger partial charge is 0.332 e. The SMILES string of the molecule is COCCCCCC=CCC(O)C(=O)O. The zero-order valence-electron chi connectivity index (χ0n) is 9.19. The van der Waals surface area contributed by atoms with Crippen molar-refractivity contribution in [2.75, 3.05) is 13.7 Å². The average Bonchev–Trinajstić information content (AvgIpc) is 2.21. The molecule has 4 heteroatoms. The number of methoxy groups -OCH3 is 1. The Morgan fingerprint density at radius 2 is 2.07 bits per heavy atom. The van der Waals surface area contributed by atoms with Crippen LogP contribution in [0.5, 0.6) is 0 Å². The quantitative estimate of drug-likeness (QED) is 0.453. The number of carboxylic acids is 1. The number of aliphatic hydroxyl groups excluding tert-OH is 1. The summed E-state index contributed by atoms with van der Waals surface area (Å²) in [7, 11) is 1.69. The number of aliphatic hydroxyl groups is 1. The van der Waals surface area contributed by atoms with Crippen LogP contribution in [-0.2, 0) is 9.53 Å². The minimum Gasteiger partial charge on any atom is -0.479 e. The Labute approximate surface area is 90.6 Å². The molecule has 0 aromatic rings. The van der Waals surface area contributed by atoms with E-state index in [1.54, 1.807) is 13.2 Å². The maximum absolute atomic E-state index is 10.2. The first-order valence-electron chi connectivity index (χ1n) is 5.23. The van der Waals surface area contributed by atoms with Crippen molar-refractivity contribution in [1.29, 1.82) is 0 Å². The summed E-state index contributed by atoms with van der Waals surface area (Å²) in [6.45, 7) is 0.793. The molecule has 2 N–H and O–H groups in total. The van der Waals surface area contributed by atoms with Crippen molar-refractivity contribution in [3.05, 3.63) is 12.2 Å². The van der Waals surface area contributed by atoms with Crippen molar-refractivity contribution in [3.63, 3.8) is 0 Å². The predicted molar refractivity (Wildman–Crippen MR) is 57.7 cm³/mol. The summed E-state index contributed by atoms with van der Waals surface area (Å²) in [4.78, 5) is 10.2. The molecule has 0 saturated heterocycles. The molecule has 1 atom stereocenters. The van der Waals surface area contributed by atoms with E-state index in [-0.39, 0.29) is 6.42 Å². The van der Waals surface area contributed by atoms with Crippen molar-refractivity contribution in [1.82, 2.24) is 0 Å². The van der Waals surface area contributed by atoms with Crippen LogP contribution in [0.2, 0.25) is 0 Å². The predicted octanol–water partition coefficient (Wildman–Crippen LogP) is 1.58. The van der Waals surface area contributed by atoms with E-state index in [2.05, 4.69) is 0 Å². The number of hydrogen-bond donors (Lipinski definition) is 2. The molecule has 4 nitrogen and oxygen atoms in total. The van der Waals surface area contributed by atoms with Gasteiger partial charge in [-0.15, -0.1) is 0 Å². The standard InChI is InChI=1S/C11H20O4/c1-15-9-7-5-3-2-4-6-8-10(12)11(13)14/h4,6,10,12H,2-3,5,7-9H2,1H3,(H,13,14). The second-order valence-corrected chi connectivity index (χ2v) is 3.40. The average molecular weight is 216 g/mol. The van der Waals surface area contributed by atoms with Gasteiger partial charge >= 0.3 is 5.97 Å². The fraction of sp³-hybridized carbons (Fsp3) is 0.727. The number of carbonyl (C=O) groups is 1. The van der Waals surface area contributed by atoms with Gasteiger partial charge in [0.05, 0.1) is 0 Å². The molecule has 0 amide bonds. The molecule has 0 radical (unpaired) electrons. The van der Waals surface area contributed by atoms with Gasteiger partial charge in [0.1, 0.15) is 0 Å². The van der Waals surface area contributed by atoms with Crippen molar-refractivity contribution < 1.29 is 19.7 Å². The van der Waals surface area contributed by atoms with Gasteiger partial charge in [-0.2, -0.15) is 0 Å². The van der Waals surface area contributed by atoms with Crippen LogP contribution in [0.1, 0.15) is 32.1 Å². The Bertz CT molecular complexity index is 189. The van der Waals surface area contributed by atoms with E-state index < -0.39 is 12.1 Å². The highest BCUT2D eigenvalue weighted by atomic mass is 16.5. The second-order valence-electron chi connectivity index (χ2n) is 3.40. The molecule has 0 aromatic carbocycles. The van der Waals surface area contributed by atoms with Gasteiger partial charge in [-0.25, -0.2) is 4.79 Å². The Morgan fingerprint density at radius 1 is 1.33 bits per heavy atom. The summed E-state index contributed by atoms with van der Waals surface area (Å²) in [5, 5.41) is 17.3. The minimum atomic E-state index is -1.27. The van der Waals surface area contributed by atoms with Crippen molar-refractivity contribution in [3.8, 4) is 0 Å². The van der Waals surface area contributed by atoms with Gasteiger partial charge in [-0.1, -0.05) is 18.6 Å². The van der Waals surface area contributed by atoms with Gasteiger partial charge in [-0.3, -0.25) is 0 Å². The molecule has 0 heterocycles. The fourth-order valence-electron chi connectivity index (χ4n) is 1.13. The maximum atomic E-state index is 10.2. The lowest BCUT2D eigenvalue weighted by atomic mass is 10.1. The van der Waals surface area contributed by atoms with Gasteiger partial charge < -0.3 is 14.9 Å². The summed E-state index contributed by atoms with van der Waals surface area (Å²) >= 11 is 0. The number of rotatable bonds is 9. The molecule has 0 bridgehead atoms. The lowest BCUT2D eigenvalue weighted by Crippen LogP contribution is -2.17. The third kappa shape index (κ3) is 9.43. The van der Waals surface area contributed by atoms with Crippen LogP contribution < -0.4 is 0 Å². The van der Waals surface area contributed by atoms with Crippen LogP contribution in [0.3, 0.4) is 0 Å². The highest BCUT2D eigenvalue weighted by Crippen LogP contribution is 2.02. The minimum absolute atomic E-state index is 0.188. The molecule has 0 aliphatic rings. The molecule has 0 saturated carbocycles. The monoisotopic (exact) mass is 216 g/mol. The lowest BCUT2D eigenvalue weighted by molar-refractivity contribution is -0.146. The first-order chi connectivity index (χ1) is 7.18. The molecule has 15 heavy (non-hydrogen) atoms. The normalized spacial score (nSPS) is 13.2. The van der Waals surface area contributed by atoms with Gasteiger partial charge in [0.2, 0.25) is 0 Å². The van der Waals surface area contributed by atoms with Crippen molar-refractivity contribution in [2.45, 2.75) is 38.2 Å². The molecule has 1 unspecified atom stereocenters. The summed E-state index contributed by atoms with van der Waals surface area (Å²) in [6.07, 6.45) is 6.72. The van der Waals surface area contributed by atoms with Gasteiger partial charge in [0.25, 0.3) is 0 Å². The molecular formula is C11H20O4. The van der Waals surface area contributed by atoms with Crippen LogP contribution in [0.15, 0.2) is 12.2 Å². The maximum Gasteiger partial charge on any atom is 0.332 e. The topological polar surface area (TPSA) is 66.8 Å². The lowest BCUT2D eigenvalue weighted by Gasteiger charge is -1.99. The molecule has 88 valence electrons. The highest BCUT2D eigenvalue weighted by Gasteiger charge is 2.09. The van der Waals surface area contributed by atoms with E-state index in [1.807, 2.05) is 6.08 Å². The van der Waals surface area contributed by atoms with E-state index in [0.29, 0.717) is 0 Å². The Hall–Kier alpha value is -0.870. The zero-order chi connectivity index (χ0) is 11.5. The van der Waals surface area contributed by atoms with Gasteiger partial charge in [0.15, 0.2) is 6.10 Å². The molecular weight excluding hydrogens is 196 g/mol. The first-order valence-corrected chi connectivity index (χ1v) is 5.23. The van der Waals surface area contributed by atoms with Crippen LogP contribution in [0.25, 0.3) is 0 Å². The largest absolute Gasteiger partial charge is 0.479 e. The first kappa shape index (κ1) is 14.1. The number of carboxylic acid groups (broad SMARTS) is 1. The second kappa shape index (κ2) is 9.68. The zero-order valence-corrected chi connectivity index (χ0v) is 9.19. The number of hydrogen-bond acceptors (Lipinski definition) is 3. The van der Waals surface area contributed by atoms with Crippen molar-refractivity contribution >= 4 is 5.97 Å². The van der Waals surface area contributed by atoms with Crippen LogP contribution in [0, 0.1) is 0 Å². The number of ether oxygens (including phenoxy) is 1. The summed E-state index contributed by atoms with van der Waals surface area (Å²) in [5.74, 6) is -1.17. The molecule has 0 rings (SSSR count). The molecule has 0 aliphatic carbocycles. The van der Waals surface area contributed by atoms with Gasteiger partial charge in [-0.05, 0) is 19.3 Å². The van der Waals surface area contributed by atoms with Gasteiger partial charge in [0, 0.05) is 20.1 Å². The molecule has 0 spiro atoms. The summed E-state index contributed by atoms with van der Waals surface area (Å²) in [5.41, 5.74) is 0. The molecule has 0 fully saturated rings. The third-order valence-electron chi connectivity index (χ3n) is 2.03. The van der Waals surface area contributed by atoms with E-state index >= 15 is 0 Å². The Balaban J connectivity index is 3.28. The molecule has 0 aliphatic heterocycles. The van der Waals surface area contributed by atoms with E-state index in [1.165, 1.54) is 0 Å². The number of unbranched alkanes of at least 4 members (excludes halogenated alkanes) is 3. The van der Waals surface area contributed by atoms with Crippen LogP contribution in [-0.4, -0.2) is 36.0 Å². The van der Waals surface area contributed by atoms with Crippen LogP contribution in [0.4, 0.5) is 0 Å². The summed E-state index contributed by atoms with van der Waals surface area (Å²) < 4.78 is 4.91. The highest BCUT2D eigenvalue weighted by molar-refractivity contribution is 5.72. The van der Waals surface area contributed by atoms with Crippen molar-refractivity contribution in [2.24, 2.45) is 0 Å². The fourth-order valence-corrected chi connectivity index (χ4v) is 1.13. The molecule has 0 aromatic heterocycles. The summed E-state index contributed by atoms with van der Waals surface area (Å²) in [6, 6.07) is 0. The van der Waals surface area contributed by atoms with E-state index in [0.717, 1.165) is 32.3 Å². The third-order valence-corrected chi connectivity index (χ3v) is 2.03. The number of aliphatic carboxylic acids is 1. The number of allylic oxidation sites excluding steroid dienone is 1. The van der Waals surface area contributed by atoms with E-state index in [4.69, 9.17) is 14.9 Å². The van der Waals surface area contributed by atoms with Crippen LogP contribution >= 0.6 is 0 Å². The van der Waals surface area contributed by atoms with E-state index in [9.17, 15) is 4.79 Å². The Kier molecular flexibility index (Phi) is 9.11.